The van der Waals surface area contributed by atoms with E-state index in [2.05, 4.69) is 74.6 Å². The summed E-state index contributed by atoms with van der Waals surface area (Å²) in [4.78, 5) is 22.6. The minimum absolute atomic E-state index is 0.0977. The molecule has 0 saturated heterocycles. The Balaban J connectivity index is 3.92. The van der Waals surface area contributed by atoms with Gasteiger partial charge in [0.1, 0.15) is 6.10 Å². The number of phosphoric acid groups is 1. The smallest absolute Gasteiger partial charge is 0.457 e. The van der Waals surface area contributed by atoms with Crippen molar-refractivity contribution in [3.05, 3.63) is 60.8 Å². The molecule has 0 spiro atoms. The van der Waals surface area contributed by atoms with Crippen LogP contribution in [-0.4, -0.2) is 49.9 Å². The topological polar surface area (TPSA) is 117 Å². The van der Waals surface area contributed by atoms with Gasteiger partial charge in [0.05, 0.1) is 19.8 Å². The van der Waals surface area contributed by atoms with Crippen LogP contribution >= 0.6 is 7.82 Å². The zero-order valence-corrected chi connectivity index (χ0v) is 42.7. The monoisotopic (exact) mass is 920 g/mol. The first-order chi connectivity index (χ1) is 31.4. The highest BCUT2D eigenvalue weighted by Crippen LogP contribution is 2.43. The summed E-state index contributed by atoms with van der Waals surface area (Å²) in [5.41, 5.74) is 5.40. The first-order valence-electron chi connectivity index (χ1n) is 26.8. The maximum atomic E-state index is 12.7. The third kappa shape index (κ3) is 51.2. The molecular formula is C55H102NO7P. The zero-order chi connectivity index (χ0) is 46.5. The van der Waals surface area contributed by atoms with Crippen LogP contribution in [0.15, 0.2) is 60.8 Å². The molecule has 0 fully saturated rings. The number of rotatable bonds is 51. The second kappa shape index (κ2) is 52.2. The van der Waals surface area contributed by atoms with Crippen LogP contribution in [0.5, 0.6) is 0 Å². The third-order valence-corrected chi connectivity index (χ3v) is 12.4. The Hall–Kier alpha value is -1.80. The average molecular weight is 920 g/mol. The molecule has 0 rings (SSSR count). The average Bonchev–Trinajstić information content (AvgIpc) is 3.29. The molecule has 0 aliphatic rings. The summed E-state index contributed by atoms with van der Waals surface area (Å²) in [5, 5.41) is 0. The van der Waals surface area contributed by atoms with Gasteiger partial charge < -0.3 is 20.1 Å². The van der Waals surface area contributed by atoms with Gasteiger partial charge in [-0.2, -0.15) is 0 Å². The van der Waals surface area contributed by atoms with E-state index < -0.39 is 13.9 Å². The van der Waals surface area contributed by atoms with Crippen molar-refractivity contribution >= 4 is 13.8 Å². The van der Waals surface area contributed by atoms with Crippen molar-refractivity contribution in [2.45, 2.75) is 251 Å². The highest BCUT2D eigenvalue weighted by molar-refractivity contribution is 7.47. The van der Waals surface area contributed by atoms with Crippen molar-refractivity contribution in [3.8, 4) is 0 Å². The van der Waals surface area contributed by atoms with E-state index in [-0.39, 0.29) is 32.3 Å². The van der Waals surface area contributed by atoms with Gasteiger partial charge in [-0.25, -0.2) is 4.57 Å². The van der Waals surface area contributed by atoms with Gasteiger partial charge in [0.2, 0.25) is 0 Å². The van der Waals surface area contributed by atoms with E-state index in [1.165, 1.54) is 167 Å². The number of allylic oxidation sites excluding steroid dienone is 10. The van der Waals surface area contributed by atoms with Crippen molar-refractivity contribution in [2.75, 3.05) is 33.0 Å². The van der Waals surface area contributed by atoms with Gasteiger partial charge in [-0.3, -0.25) is 13.8 Å². The molecule has 2 unspecified atom stereocenters. The van der Waals surface area contributed by atoms with E-state index in [9.17, 15) is 14.3 Å². The minimum atomic E-state index is -4.29. The number of phosphoric ester groups is 1. The van der Waals surface area contributed by atoms with E-state index in [0.717, 1.165) is 57.8 Å². The number of esters is 1. The van der Waals surface area contributed by atoms with Gasteiger partial charge in [-0.1, -0.05) is 222 Å². The molecule has 0 bridgehead atoms. The standard InChI is InChI=1S/C55H102NO7P/c1-3-5-7-9-11-13-15-17-19-21-23-25-26-27-29-31-33-35-37-39-41-43-45-47-50-60-52-54(53-62-64(58,59)61-51-49-56)63-55(57)48-46-44-42-40-38-36-34-32-30-28-24-22-20-18-16-14-12-10-8-6-4-2/h5,7,11,13,17,19,22-25,54H,3-4,6,8-10,12,14-16,18,20-21,26-53,56H2,1-2H3,(H,58,59)/b7-5-,13-11-,19-17-,24-22-,25-23-. The van der Waals surface area contributed by atoms with Crippen molar-refractivity contribution in [2.24, 2.45) is 5.73 Å². The number of hydrogen-bond donors (Lipinski definition) is 2. The Morgan fingerprint density at radius 1 is 0.484 bits per heavy atom. The summed E-state index contributed by atoms with van der Waals surface area (Å²) in [6, 6.07) is 0. The van der Waals surface area contributed by atoms with Crippen LogP contribution < -0.4 is 5.73 Å². The molecule has 0 aromatic rings. The molecule has 64 heavy (non-hydrogen) atoms. The molecular weight excluding hydrogens is 818 g/mol. The number of ether oxygens (including phenoxy) is 2. The van der Waals surface area contributed by atoms with Gasteiger partial charge in [0.25, 0.3) is 0 Å². The van der Waals surface area contributed by atoms with Crippen molar-refractivity contribution in [1.29, 1.82) is 0 Å². The lowest BCUT2D eigenvalue weighted by Gasteiger charge is -2.20. The van der Waals surface area contributed by atoms with Crippen LogP contribution in [0.25, 0.3) is 0 Å². The summed E-state index contributed by atoms with van der Waals surface area (Å²) >= 11 is 0. The maximum Gasteiger partial charge on any atom is 0.472 e. The van der Waals surface area contributed by atoms with E-state index >= 15 is 0 Å². The summed E-state index contributed by atoms with van der Waals surface area (Å²) in [6.45, 7) is 4.83. The van der Waals surface area contributed by atoms with Gasteiger partial charge in [0, 0.05) is 19.6 Å². The van der Waals surface area contributed by atoms with E-state index in [4.69, 9.17) is 24.3 Å². The Kier molecular flexibility index (Phi) is 50.7. The van der Waals surface area contributed by atoms with Gasteiger partial charge in [0.15, 0.2) is 0 Å². The van der Waals surface area contributed by atoms with E-state index in [1.54, 1.807) is 0 Å². The number of hydrogen-bond acceptors (Lipinski definition) is 7. The Bertz CT molecular complexity index is 1170. The van der Waals surface area contributed by atoms with Crippen molar-refractivity contribution in [1.82, 2.24) is 0 Å². The lowest BCUT2D eigenvalue weighted by atomic mass is 10.1. The third-order valence-electron chi connectivity index (χ3n) is 11.4. The SMILES string of the molecule is CC/C=C\C/C=C\C/C=C\C/C=C\CCCCCCCCCCCCCOCC(COP(=O)(O)OCCN)OC(=O)CCCCCCCCCCC/C=C\CCCCCCCCCC. The fourth-order valence-electron chi connectivity index (χ4n) is 7.51. The highest BCUT2D eigenvalue weighted by atomic mass is 31.2. The molecule has 0 heterocycles. The molecule has 8 nitrogen and oxygen atoms in total. The molecule has 0 aromatic heterocycles. The lowest BCUT2D eigenvalue weighted by Crippen LogP contribution is -2.28. The Labute approximate surface area is 395 Å². The van der Waals surface area contributed by atoms with Gasteiger partial charge in [-0.15, -0.1) is 0 Å². The van der Waals surface area contributed by atoms with Crippen LogP contribution in [0.1, 0.15) is 245 Å². The fourth-order valence-corrected chi connectivity index (χ4v) is 8.28. The second-order valence-corrected chi connectivity index (χ2v) is 19.2. The maximum absolute atomic E-state index is 12.7. The summed E-state index contributed by atoms with van der Waals surface area (Å²) in [7, 11) is -4.29. The molecule has 0 aliphatic heterocycles. The van der Waals surface area contributed by atoms with Gasteiger partial charge in [-0.05, 0) is 77.0 Å². The molecule has 0 radical (unpaired) electrons. The molecule has 0 amide bonds. The lowest BCUT2D eigenvalue weighted by molar-refractivity contribution is -0.154. The first-order valence-corrected chi connectivity index (χ1v) is 28.3. The van der Waals surface area contributed by atoms with Crippen LogP contribution in [0, 0.1) is 0 Å². The quantitative estimate of drug-likeness (QED) is 0.0268. The second-order valence-electron chi connectivity index (χ2n) is 17.7. The Morgan fingerprint density at radius 2 is 0.875 bits per heavy atom. The number of carbonyl (C=O) groups excluding carboxylic acids is 1. The fraction of sp³-hybridized carbons (Fsp3) is 0.800. The van der Waals surface area contributed by atoms with Crippen LogP contribution in [0.2, 0.25) is 0 Å². The summed E-state index contributed by atoms with van der Waals surface area (Å²) in [5.74, 6) is -0.332. The molecule has 0 saturated carbocycles. The number of carbonyl (C=O) groups is 1. The minimum Gasteiger partial charge on any atom is -0.457 e. The largest absolute Gasteiger partial charge is 0.472 e. The predicted octanol–water partition coefficient (Wildman–Crippen LogP) is 16.9. The molecule has 9 heteroatoms. The Morgan fingerprint density at radius 3 is 1.33 bits per heavy atom. The highest BCUT2D eigenvalue weighted by Gasteiger charge is 2.25. The van der Waals surface area contributed by atoms with Crippen LogP contribution in [0.4, 0.5) is 0 Å². The number of unbranched alkanes of at least 4 members (excludes halogenated alkanes) is 28. The predicted molar refractivity (Wildman–Crippen MR) is 275 cm³/mol. The van der Waals surface area contributed by atoms with E-state index in [1.807, 2.05) is 0 Å². The molecule has 374 valence electrons. The van der Waals surface area contributed by atoms with Crippen LogP contribution in [-0.2, 0) is 27.9 Å². The number of nitrogens with two attached hydrogens (primary N) is 1. The molecule has 0 aromatic carbocycles. The van der Waals surface area contributed by atoms with Crippen molar-refractivity contribution in [3.63, 3.8) is 0 Å². The van der Waals surface area contributed by atoms with Crippen LogP contribution in [0.3, 0.4) is 0 Å². The molecule has 3 N–H and O–H groups in total. The summed E-state index contributed by atoms with van der Waals surface area (Å²) in [6.07, 6.45) is 65.4. The first kappa shape index (κ1) is 62.2. The van der Waals surface area contributed by atoms with E-state index in [0.29, 0.717) is 13.0 Å². The van der Waals surface area contributed by atoms with Gasteiger partial charge >= 0.3 is 13.8 Å². The molecule has 0 aliphatic carbocycles. The molecule has 2 atom stereocenters. The normalized spacial score (nSPS) is 13.8. The van der Waals surface area contributed by atoms with Crippen molar-refractivity contribution < 1.29 is 32.8 Å². The zero-order valence-electron chi connectivity index (χ0n) is 41.8. The summed E-state index contributed by atoms with van der Waals surface area (Å²) < 4.78 is 33.6.